The Kier molecular flexibility index (Phi) is 3.51. The van der Waals surface area contributed by atoms with Gasteiger partial charge in [0.25, 0.3) is 0 Å². The lowest BCUT2D eigenvalue weighted by molar-refractivity contribution is -0.140. The van der Waals surface area contributed by atoms with Gasteiger partial charge in [0.15, 0.2) is 0 Å². The average molecular weight is 216 g/mol. The Morgan fingerprint density at radius 1 is 1.43 bits per heavy atom. The molecule has 0 saturated carbocycles. The maximum Gasteiger partial charge on any atom is 0.331 e. The maximum atomic E-state index is 11.2. The summed E-state index contributed by atoms with van der Waals surface area (Å²) in [4.78, 5) is 34.2. The van der Waals surface area contributed by atoms with Gasteiger partial charge in [-0.25, -0.2) is 4.79 Å². The molecule has 1 N–H and O–H groups in total. The highest BCUT2D eigenvalue weighted by Gasteiger charge is 2.39. The highest BCUT2D eigenvalue weighted by Crippen LogP contribution is 2.11. The summed E-state index contributed by atoms with van der Waals surface area (Å²) in [6, 6.07) is -0.824. The number of imide groups is 2. The van der Waals surface area contributed by atoms with Crippen molar-refractivity contribution in [3.05, 3.63) is 0 Å². The molecule has 14 heavy (non-hydrogen) atoms. The van der Waals surface area contributed by atoms with E-state index in [9.17, 15) is 14.4 Å². The van der Waals surface area contributed by atoms with Crippen molar-refractivity contribution in [3.63, 3.8) is 0 Å². The van der Waals surface area contributed by atoms with Crippen molar-refractivity contribution in [1.29, 1.82) is 0 Å². The van der Waals surface area contributed by atoms with Crippen LogP contribution in [0.3, 0.4) is 0 Å². The van der Waals surface area contributed by atoms with E-state index in [0.29, 0.717) is 6.42 Å². The van der Waals surface area contributed by atoms with Gasteiger partial charge in [-0.15, -0.1) is 0 Å². The molecule has 0 aliphatic carbocycles. The van der Waals surface area contributed by atoms with Gasteiger partial charge in [-0.05, 0) is 25.4 Å². The monoisotopic (exact) mass is 216 g/mol. The molecule has 1 unspecified atom stereocenters. The molecule has 0 bridgehead atoms. The Bertz CT molecular complexity index is 280. The normalized spacial score (nSPS) is 18.7. The number of urea groups is 1. The topological polar surface area (TPSA) is 66.5 Å². The van der Waals surface area contributed by atoms with E-state index >= 15 is 0 Å². The van der Waals surface area contributed by atoms with E-state index < -0.39 is 17.8 Å². The van der Waals surface area contributed by atoms with Gasteiger partial charge in [-0.1, -0.05) is 0 Å². The molecule has 1 rings (SSSR count). The van der Waals surface area contributed by atoms with Crippen LogP contribution >= 0.6 is 11.8 Å². The molecule has 0 aromatic heterocycles. The molecular formula is C8H12N2O3S. The molecule has 1 heterocycles. The minimum Gasteiger partial charge on any atom is -0.269 e. The SMILES string of the molecule is CSCCC(C)N1C(=O)NC(=O)C1=O. The second kappa shape index (κ2) is 4.45. The van der Waals surface area contributed by atoms with Gasteiger partial charge in [0.2, 0.25) is 0 Å². The Labute approximate surface area is 86.2 Å². The number of nitrogens with zero attached hydrogens (tertiary/aromatic N) is 1. The van der Waals surface area contributed by atoms with Crippen LogP contribution in [0, 0.1) is 0 Å². The van der Waals surface area contributed by atoms with Crippen LogP contribution < -0.4 is 5.32 Å². The first-order valence-electron chi connectivity index (χ1n) is 4.25. The summed E-state index contributed by atoms with van der Waals surface area (Å²) in [7, 11) is 0. The quantitative estimate of drug-likeness (QED) is 0.538. The predicted molar refractivity (Wildman–Crippen MR) is 52.8 cm³/mol. The minimum atomic E-state index is -0.828. The van der Waals surface area contributed by atoms with Crippen LogP contribution in [0.1, 0.15) is 13.3 Å². The first kappa shape index (κ1) is 11.0. The maximum absolute atomic E-state index is 11.2. The summed E-state index contributed by atoms with van der Waals surface area (Å²) < 4.78 is 0. The molecule has 0 aromatic carbocycles. The number of carbonyl (C=O) groups is 3. The molecule has 6 heteroatoms. The molecule has 78 valence electrons. The summed E-state index contributed by atoms with van der Waals surface area (Å²) in [5.74, 6) is -0.721. The number of thioether (sulfide) groups is 1. The fourth-order valence-corrected chi connectivity index (χ4v) is 1.81. The van der Waals surface area contributed by atoms with Gasteiger partial charge in [0.1, 0.15) is 0 Å². The van der Waals surface area contributed by atoms with E-state index in [0.717, 1.165) is 10.7 Å². The summed E-state index contributed by atoms with van der Waals surface area (Å²) in [5.41, 5.74) is 0. The molecule has 1 aliphatic rings. The Morgan fingerprint density at radius 2 is 2.07 bits per heavy atom. The van der Waals surface area contributed by atoms with Crippen molar-refractivity contribution in [2.75, 3.05) is 12.0 Å². The zero-order valence-corrected chi connectivity index (χ0v) is 8.89. The van der Waals surface area contributed by atoms with Gasteiger partial charge in [-0.3, -0.25) is 19.8 Å². The third kappa shape index (κ3) is 2.06. The third-order valence-corrected chi connectivity index (χ3v) is 2.68. The van der Waals surface area contributed by atoms with Crippen molar-refractivity contribution < 1.29 is 14.4 Å². The Morgan fingerprint density at radius 3 is 2.50 bits per heavy atom. The van der Waals surface area contributed by atoms with Crippen LogP contribution in [-0.4, -0.2) is 40.8 Å². The number of carbonyl (C=O) groups excluding carboxylic acids is 3. The lowest BCUT2D eigenvalue weighted by Gasteiger charge is -2.19. The lowest BCUT2D eigenvalue weighted by atomic mass is 10.2. The molecule has 5 nitrogen and oxygen atoms in total. The fraction of sp³-hybridized carbons (Fsp3) is 0.625. The number of amides is 4. The van der Waals surface area contributed by atoms with E-state index in [1.54, 1.807) is 18.7 Å². The largest absolute Gasteiger partial charge is 0.331 e. The number of hydrogen-bond donors (Lipinski definition) is 1. The zero-order valence-electron chi connectivity index (χ0n) is 8.07. The highest BCUT2D eigenvalue weighted by molar-refractivity contribution is 7.98. The molecular weight excluding hydrogens is 204 g/mol. The lowest BCUT2D eigenvalue weighted by Crippen LogP contribution is -2.39. The van der Waals surface area contributed by atoms with E-state index in [1.807, 2.05) is 11.6 Å². The molecule has 1 atom stereocenters. The summed E-state index contributed by atoms with van der Waals surface area (Å²) in [6.07, 6.45) is 2.65. The van der Waals surface area contributed by atoms with Crippen molar-refractivity contribution in [3.8, 4) is 0 Å². The second-order valence-corrected chi connectivity index (χ2v) is 4.05. The standard InChI is InChI=1S/C8H12N2O3S/c1-5(3-4-14-2)10-7(12)6(11)9-8(10)13/h5H,3-4H2,1-2H3,(H,9,11,13). The minimum absolute atomic E-state index is 0.221. The number of rotatable bonds is 4. The van der Waals surface area contributed by atoms with Crippen LogP contribution in [0.25, 0.3) is 0 Å². The van der Waals surface area contributed by atoms with Crippen LogP contribution in [-0.2, 0) is 9.59 Å². The molecule has 0 aromatic rings. The Hall–Kier alpha value is -1.04. The fourth-order valence-electron chi connectivity index (χ4n) is 1.23. The molecule has 1 saturated heterocycles. The van der Waals surface area contributed by atoms with Crippen molar-refractivity contribution >= 4 is 29.6 Å². The molecule has 1 aliphatic heterocycles. The first-order valence-corrected chi connectivity index (χ1v) is 5.64. The van der Waals surface area contributed by atoms with Gasteiger partial charge in [0.05, 0.1) is 0 Å². The van der Waals surface area contributed by atoms with Gasteiger partial charge >= 0.3 is 17.8 Å². The van der Waals surface area contributed by atoms with Gasteiger partial charge < -0.3 is 0 Å². The molecule has 1 fully saturated rings. The Balaban J connectivity index is 2.62. The van der Waals surface area contributed by atoms with Gasteiger partial charge in [-0.2, -0.15) is 11.8 Å². The average Bonchev–Trinajstić information content (AvgIpc) is 2.38. The third-order valence-electron chi connectivity index (χ3n) is 2.03. The van der Waals surface area contributed by atoms with E-state index in [4.69, 9.17) is 0 Å². The van der Waals surface area contributed by atoms with Crippen molar-refractivity contribution in [2.45, 2.75) is 19.4 Å². The molecule has 4 amide bonds. The summed E-state index contributed by atoms with van der Waals surface area (Å²) >= 11 is 1.64. The van der Waals surface area contributed by atoms with Crippen LogP contribution in [0.2, 0.25) is 0 Å². The summed E-state index contributed by atoms with van der Waals surface area (Å²) in [5, 5.41) is 1.97. The number of hydrogen-bond acceptors (Lipinski definition) is 4. The smallest absolute Gasteiger partial charge is 0.269 e. The van der Waals surface area contributed by atoms with Gasteiger partial charge in [0, 0.05) is 6.04 Å². The highest BCUT2D eigenvalue weighted by atomic mass is 32.2. The first-order chi connectivity index (χ1) is 6.57. The molecule has 0 radical (unpaired) electrons. The predicted octanol–water partition coefficient (Wildman–Crippen LogP) is 0.206. The van der Waals surface area contributed by atoms with Crippen LogP contribution in [0.5, 0.6) is 0 Å². The van der Waals surface area contributed by atoms with Crippen LogP contribution in [0.4, 0.5) is 4.79 Å². The second-order valence-electron chi connectivity index (χ2n) is 3.06. The summed E-state index contributed by atoms with van der Waals surface area (Å²) in [6.45, 7) is 1.76. The van der Waals surface area contributed by atoms with E-state index in [2.05, 4.69) is 0 Å². The van der Waals surface area contributed by atoms with Crippen molar-refractivity contribution in [1.82, 2.24) is 10.2 Å². The molecule has 0 spiro atoms. The zero-order chi connectivity index (χ0) is 10.7. The van der Waals surface area contributed by atoms with E-state index in [1.165, 1.54) is 0 Å². The van der Waals surface area contributed by atoms with E-state index in [-0.39, 0.29) is 6.04 Å². The number of nitrogens with one attached hydrogen (secondary N) is 1. The van der Waals surface area contributed by atoms with Crippen LogP contribution in [0.15, 0.2) is 0 Å². The van der Waals surface area contributed by atoms with Crippen molar-refractivity contribution in [2.24, 2.45) is 0 Å².